The van der Waals surface area contributed by atoms with E-state index in [1.165, 1.54) is 0 Å². The zero-order valence-corrected chi connectivity index (χ0v) is 7.10. The van der Waals surface area contributed by atoms with Gasteiger partial charge in [-0.15, -0.1) is 0 Å². The molecule has 72 valence electrons. The Kier molecular flexibility index (Phi) is 3.02. The summed E-state index contributed by atoms with van der Waals surface area (Å²) in [5.74, 6) is -1.84. The van der Waals surface area contributed by atoms with Crippen LogP contribution in [0.2, 0.25) is 0 Å². The molecule has 0 aromatic heterocycles. The minimum absolute atomic E-state index is 0.0258. The van der Waals surface area contributed by atoms with Crippen LogP contribution in [0.25, 0.3) is 0 Å². The van der Waals surface area contributed by atoms with Gasteiger partial charge in [0.25, 0.3) is 0 Å². The van der Waals surface area contributed by atoms with Crippen LogP contribution < -0.4 is 0 Å². The van der Waals surface area contributed by atoms with Crippen LogP contribution in [0, 0.1) is 0 Å². The molecular formula is C8H10O5. The molecule has 1 rings (SSSR count). The number of carbonyl (C=O) groups excluding carboxylic acids is 1. The molecule has 1 fully saturated rings. The third kappa shape index (κ3) is 3.71. The average molecular weight is 186 g/mol. The van der Waals surface area contributed by atoms with Crippen molar-refractivity contribution < 1.29 is 24.2 Å². The summed E-state index contributed by atoms with van der Waals surface area (Å²) in [6.07, 6.45) is 1.28. The molecule has 0 aromatic rings. The van der Waals surface area contributed by atoms with Gasteiger partial charge in [0.2, 0.25) is 0 Å². The SMILES string of the molecule is CC(OC(=O)/C=C/C(=O)O)C1CO1. The molecule has 1 heterocycles. The van der Waals surface area contributed by atoms with Crippen LogP contribution >= 0.6 is 0 Å². The second kappa shape index (κ2) is 4.04. The minimum Gasteiger partial charge on any atom is -0.478 e. The monoisotopic (exact) mass is 186 g/mol. The van der Waals surface area contributed by atoms with Gasteiger partial charge in [0.15, 0.2) is 0 Å². The number of aliphatic carboxylic acids is 1. The van der Waals surface area contributed by atoms with E-state index in [2.05, 4.69) is 0 Å². The third-order valence-corrected chi connectivity index (χ3v) is 1.55. The summed E-state index contributed by atoms with van der Waals surface area (Å²) in [5.41, 5.74) is 0. The Morgan fingerprint density at radius 3 is 2.69 bits per heavy atom. The van der Waals surface area contributed by atoms with Crippen LogP contribution in [0.1, 0.15) is 6.92 Å². The lowest BCUT2D eigenvalue weighted by atomic mass is 10.3. The molecule has 5 nitrogen and oxygen atoms in total. The molecule has 1 saturated heterocycles. The van der Waals surface area contributed by atoms with Crippen LogP contribution in [0.3, 0.4) is 0 Å². The first-order valence-electron chi connectivity index (χ1n) is 3.83. The van der Waals surface area contributed by atoms with Crippen molar-refractivity contribution in [2.24, 2.45) is 0 Å². The van der Waals surface area contributed by atoms with Gasteiger partial charge in [-0.1, -0.05) is 0 Å². The van der Waals surface area contributed by atoms with Gasteiger partial charge in [0.05, 0.1) is 6.61 Å². The predicted molar refractivity (Wildman–Crippen MR) is 42.1 cm³/mol. The lowest BCUT2D eigenvalue weighted by Gasteiger charge is -2.07. The van der Waals surface area contributed by atoms with E-state index in [0.29, 0.717) is 6.61 Å². The highest BCUT2D eigenvalue weighted by Crippen LogP contribution is 2.16. The quantitative estimate of drug-likeness (QED) is 0.378. The first-order valence-corrected chi connectivity index (χ1v) is 3.83. The summed E-state index contributed by atoms with van der Waals surface area (Å²) in [7, 11) is 0. The Hall–Kier alpha value is -1.36. The molecule has 0 spiro atoms. The van der Waals surface area contributed by atoms with Gasteiger partial charge in [0, 0.05) is 12.2 Å². The first-order chi connectivity index (χ1) is 6.09. The smallest absolute Gasteiger partial charge is 0.331 e. The summed E-state index contributed by atoms with van der Waals surface area (Å²) in [4.78, 5) is 20.9. The molecule has 0 bridgehead atoms. The van der Waals surface area contributed by atoms with E-state index in [1.807, 2.05) is 0 Å². The molecule has 1 aliphatic rings. The number of rotatable bonds is 4. The van der Waals surface area contributed by atoms with Gasteiger partial charge in [-0.25, -0.2) is 9.59 Å². The number of carboxylic acid groups (broad SMARTS) is 1. The van der Waals surface area contributed by atoms with Gasteiger partial charge >= 0.3 is 11.9 Å². The van der Waals surface area contributed by atoms with Crippen molar-refractivity contribution in [2.75, 3.05) is 6.61 Å². The van der Waals surface area contributed by atoms with Crippen molar-refractivity contribution in [2.45, 2.75) is 19.1 Å². The number of hydrogen-bond acceptors (Lipinski definition) is 4. The summed E-state index contributed by atoms with van der Waals surface area (Å²) >= 11 is 0. The number of hydrogen-bond donors (Lipinski definition) is 1. The van der Waals surface area contributed by atoms with Crippen molar-refractivity contribution in [3.05, 3.63) is 12.2 Å². The Bertz CT molecular complexity index is 241. The normalized spacial score (nSPS) is 22.7. The molecule has 13 heavy (non-hydrogen) atoms. The summed E-state index contributed by atoms with van der Waals surface area (Å²) < 4.78 is 9.69. The lowest BCUT2D eigenvalue weighted by Crippen LogP contribution is -2.18. The molecule has 1 N–H and O–H groups in total. The largest absolute Gasteiger partial charge is 0.478 e. The summed E-state index contributed by atoms with van der Waals surface area (Å²) in [6, 6.07) is 0. The van der Waals surface area contributed by atoms with Gasteiger partial charge < -0.3 is 14.6 Å². The second-order valence-corrected chi connectivity index (χ2v) is 2.69. The van der Waals surface area contributed by atoms with Crippen molar-refractivity contribution >= 4 is 11.9 Å². The highest BCUT2D eigenvalue weighted by atomic mass is 16.6. The van der Waals surface area contributed by atoms with E-state index < -0.39 is 11.9 Å². The van der Waals surface area contributed by atoms with Crippen LogP contribution in [0.4, 0.5) is 0 Å². The molecule has 0 saturated carbocycles. The number of carbonyl (C=O) groups is 2. The predicted octanol–water partition coefficient (Wildman–Crippen LogP) is -0.0423. The first kappa shape index (κ1) is 9.73. The fraction of sp³-hybridized carbons (Fsp3) is 0.500. The summed E-state index contributed by atoms with van der Waals surface area (Å²) in [6.45, 7) is 2.29. The van der Waals surface area contributed by atoms with Crippen LogP contribution in [0.5, 0.6) is 0 Å². The maximum atomic E-state index is 10.9. The molecular weight excluding hydrogens is 176 g/mol. The lowest BCUT2D eigenvalue weighted by molar-refractivity contribution is -0.143. The van der Waals surface area contributed by atoms with E-state index in [9.17, 15) is 9.59 Å². The van der Waals surface area contributed by atoms with Crippen molar-refractivity contribution in [1.82, 2.24) is 0 Å². The number of carboxylic acids is 1. The van der Waals surface area contributed by atoms with Gasteiger partial charge in [0.1, 0.15) is 12.2 Å². The second-order valence-electron chi connectivity index (χ2n) is 2.69. The maximum absolute atomic E-state index is 10.9. The Morgan fingerprint density at radius 1 is 1.62 bits per heavy atom. The molecule has 0 aromatic carbocycles. The number of esters is 1. The molecule has 2 atom stereocenters. The number of ether oxygens (including phenoxy) is 2. The Balaban J connectivity index is 2.27. The standard InChI is InChI=1S/C8H10O5/c1-5(6-4-12-6)13-8(11)3-2-7(9)10/h2-3,5-6H,4H2,1H3,(H,9,10)/b3-2+. The molecule has 0 aliphatic carbocycles. The van der Waals surface area contributed by atoms with Crippen molar-refractivity contribution in [1.29, 1.82) is 0 Å². The van der Waals surface area contributed by atoms with Crippen LogP contribution in [-0.2, 0) is 19.1 Å². The average Bonchev–Trinajstić information content (AvgIpc) is 2.82. The molecule has 5 heteroatoms. The van der Waals surface area contributed by atoms with E-state index >= 15 is 0 Å². The van der Waals surface area contributed by atoms with E-state index in [0.717, 1.165) is 12.2 Å². The highest BCUT2D eigenvalue weighted by molar-refractivity contribution is 5.90. The molecule has 2 unspecified atom stereocenters. The van der Waals surface area contributed by atoms with Gasteiger partial charge in [-0.2, -0.15) is 0 Å². The topological polar surface area (TPSA) is 76.1 Å². The van der Waals surface area contributed by atoms with E-state index in [-0.39, 0.29) is 12.2 Å². The molecule has 1 aliphatic heterocycles. The van der Waals surface area contributed by atoms with Crippen LogP contribution in [-0.4, -0.2) is 35.9 Å². The highest BCUT2D eigenvalue weighted by Gasteiger charge is 2.31. The molecule has 0 radical (unpaired) electrons. The maximum Gasteiger partial charge on any atom is 0.331 e. The Morgan fingerprint density at radius 2 is 2.23 bits per heavy atom. The fourth-order valence-electron chi connectivity index (χ4n) is 0.764. The van der Waals surface area contributed by atoms with Gasteiger partial charge in [-0.3, -0.25) is 0 Å². The summed E-state index contributed by atoms with van der Waals surface area (Å²) in [5, 5.41) is 8.20. The van der Waals surface area contributed by atoms with E-state index in [4.69, 9.17) is 14.6 Å². The minimum atomic E-state index is -1.17. The third-order valence-electron chi connectivity index (χ3n) is 1.55. The number of epoxide rings is 1. The van der Waals surface area contributed by atoms with Gasteiger partial charge in [-0.05, 0) is 6.92 Å². The Labute approximate surface area is 74.9 Å². The van der Waals surface area contributed by atoms with Crippen molar-refractivity contribution in [3.63, 3.8) is 0 Å². The van der Waals surface area contributed by atoms with E-state index in [1.54, 1.807) is 6.92 Å². The zero-order valence-electron chi connectivity index (χ0n) is 7.10. The molecule has 0 amide bonds. The fourth-order valence-corrected chi connectivity index (χ4v) is 0.764. The zero-order chi connectivity index (χ0) is 9.84. The van der Waals surface area contributed by atoms with Crippen LogP contribution in [0.15, 0.2) is 12.2 Å². The van der Waals surface area contributed by atoms with Crippen molar-refractivity contribution in [3.8, 4) is 0 Å².